The van der Waals surface area contributed by atoms with Crippen molar-refractivity contribution in [1.29, 1.82) is 0 Å². The summed E-state index contributed by atoms with van der Waals surface area (Å²) in [5.41, 5.74) is 0. The molecule has 6 nitrogen and oxygen atoms in total. The fraction of sp³-hybridized carbons (Fsp3) is 0.833. The minimum absolute atomic E-state index is 0.124. The van der Waals surface area contributed by atoms with E-state index in [0.717, 1.165) is 45.6 Å². The zero-order valence-corrected chi connectivity index (χ0v) is 10.6. The van der Waals surface area contributed by atoms with Gasteiger partial charge in [0.15, 0.2) is 0 Å². The van der Waals surface area contributed by atoms with Crippen molar-refractivity contribution in [3.63, 3.8) is 0 Å². The van der Waals surface area contributed by atoms with Crippen LogP contribution < -0.4 is 5.32 Å². The normalized spacial score (nSPS) is 27.6. The molecular formula is C12H21N3O3. The summed E-state index contributed by atoms with van der Waals surface area (Å²) in [7, 11) is 0. The molecule has 2 saturated heterocycles. The van der Waals surface area contributed by atoms with Crippen LogP contribution in [0.1, 0.15) is 19.3 Å². The first kappa shape index (κ1) is 13.3. The highest BCUT2D eigenvalue weighted by Gasteiger charge is 2.27. The summed E-state index contributed by atoms with van der Waals surface area (Å²) in [6.45, 7) is 4.21. The number of nitrogens with one attached hydrogen (secondary N) is 1. The van der Waals surface area contributed by atoms with Crippen LogP contribution >= 0.6 is 0 Å². The number of carboxylic acids is 1. The quantitative estimate of drug-likeness (QED) is 0.701. The van der Waals surface area contributed by atoms with Crippen molar-refractivity contribution in [3.8, 4) is 0 Å². The largest absolute Gasteiger partial charge is 0.480 e. The maximum Gasteiger partial charge on any atom is 0.317 e. The Labute approximate surface area is 107 Å². The fourth-order valence-corrected chi connectivity index (χ4v) is 2.74. The van der Waals surface area contributed by atoms with Gasteiger partial charge >= 0.3 is 5.97 Å². The van der Waals surface area contributed by atoms with Crippen molar-refractivity contribution in [2.75, 3.05) is 39.3 Å². The van der Waals surface area contributed by atoms with Gasteiger partial charge in [-0.3, -0.25) is 19.4 Å². The predicted octanol–water partition coefficient (Wildman–Crippen LogP) is -0.643. The van der Waals surface area contributed by atoms with E-state index < -0.39 is 5.97 Å². The molecule has 0 aliphatic carbocycles. The zero-order chi connectivity index (χ0) is 13.0. The van der Waals surface area contributed by atoms with Crippen molar-refractivity contribution >= 4 is 11.9 Å². The van der Waals surface area contributed by atoms with Crippen molar-refractivity contribution in [3.05, 3.63) is 0 Å². The molecule has 1 amide bonds. The van der Waals surface area contributed by atoms with Gasteiger partial charge in [0.25, 0.3) is 0 Å². The van der Waals surface area contributed by atoms with Crippen LogP contribution in [0.5, 0.6) is 0 Å². The first-order chi connectivity index (χ1) is 8.65. The molecule has 2 fully saturated rings. The summed E-state index contributed by atoms with van der Waals surface area (Å²) in [5.74, 6) is -0.622. The predicted molar refractivity (Wildman–Crippen MR) is 66.3 cm³/mol. The SMILES string of the molecule is O=C(O)CN1CCN(C2CCCNC(=O)C2)CC1. The Morgan fingerprint density at radius 3 is 2.72 bits per heavy atom. The van der Waals surface area contributed by atoms with Gasteiger partial charge < -0.3 is 10.4 Å². The number of rotatable bonds is 3. The zero-order valence-electron chi connectivity index (χ0n) is 10.6. The van der Waals surface area contributed by atoms with E-state index in [-0.39, 0.29) is 12.5 Å². The molecule has 1 atom stereocenters. The van der Waals surface area contributed by atoms with Crippen LogP contribution in [-0.4, -0.2) is 72.1 Å². The number of carbonyl (C=O) groups excluding carboxylic acids is 1. The molecule has 2 rings (SSSR count). The van der Waals surface area contributed by atoms with E-state index in [0.29, 0.717) is 12.5 Å². The Morgan fingerprint density at radius 2 is 2.06 bits per heavy atom. The van der Waals surface area contributed by atoms with Crippen molar-refractivity contribution < 1.29 is 14.7 Å². The van der Waals surface area contributed by atoms with Gasteiger partial charge in [-0.05, 0) is 12.8 Å². The van der Waals surface area contributed by atoms with Crippen LogP contribution in [0.25, 0.3) is 0 Å². The standard InChI is InChI=1S/C12H21N3O3/c16-11-8-10(2-1-3-13-11)15-6-4-14(5-7-15)9-12(17)18/h10H,1-9H2,(H,13,16)(H,17,18). The average molecular weight is 255 g/mol. The molecule has 0 aromatic carbocycles. The van der Waals surface area contributed by atoms with E-state index in [1.54, 1.807) is 0 Å². The molecule has 0 aromatic heterocycles. The van der Waals surface area contributed by atoms with Crippen molar-refractivity contribution in [2.45, 2.75) is 25.3 Å². The highest BCUT2D eigenvalue weighted by molar-refractivity contribution is 5.76. The molecule has 0 radical (unpaired) electrons. The number of hydrogen-bond acceptors (Lipinski definition) is 4. The third kappa shape index (κ3) is 3.68. The third-order valence-electron chi connectivity index (χ3n) is 3.74. The van der Waals surface area contributed by atoms with E-state index in [1.807, 2.05) is 4.90 Å². The molecule has 102 valence electrons. The molecule has 0 spiro atoms. The van der Waals surface area contributed by atoms with E-state index >= 15 is 0 Å². The molecule has 0 aromatic rings. The van der Waals surface area contributed by atoms with Gasteiger partial charge in [-0.25, -0.2) is 0 Å². The first-order valence-corrected chi connectivity index (χ1v) is 6.60. The summed E-state index contributed by atoms with van der Waals surface area (Å²) in [6, 6.07) is 0.333. The van der Waals surface area contributed by atoms with Crippen LogP contribution in [0.2, 0.25) is 0 Å². The Balaban J connectivity index is 1.81. The van der Waals surface area contributed by atoms with Crippen molar-refractivity contribution in [1.82, 2.24) is 15.1 Å². The lowest BCUT2D eigenvalue weighted by atomic mass is 10.1. The lowest BCUT2D eigenvalue weighted by molar-refractivity contribution is -0.138. The fourth-order valence-electron chi connectivity index (χ4n) is 2.74. The van der Waals surface area contributed by atoms with Crippen LogP contribution in [0, 0.1) is 0 Å². The lowest BCUT2D eigenvalue weighted by Crippen LogP contribution is -2.51. The Kier molecular flexibility index (Phi) is 4.54. The second-order valence-electron chi connectivity index (χ2n) is 5.06. The van der Waals surface area contributed by atoms with Gasteiger partial charge in [0.05, 0.1) is 6.54 Å². The highest BCUT2D eigenvalue weighted by atomic mass is 16.4. The summed E-state index contributed by atoms with van der Waals surface area (Å²) in [5, 5.41) is 11.6. The molecule has 0 saturated carbocycles. The minimum atomic E-state index is -0.766. The molecule has 2 N–H and O–H groups in total. The van der Waals surface area contributed by atoms with Crippen LogP contribution in [-0.2, 0) is 9.59 Å². The van der Waals surface area contributed by atoms with Gasteiger partial charge in [-0.15, -0.1) is 0 Å². The molecule has 1 unspecified atom stereocenters. The minimum Gasteiger partial charge on any atom is -0.480 e. The number of hydrogen-bond donors (Lipinski definition) is 2. The van der Waals surface area contributed by atoms with Crippen molar-refractivity contribution in [2.24, 2.45) is 0 Å². The van der Waals surface area contributed by atoms with E-state index in [1.165, 1.54) is 0 Å². The number of aliphatic carboxylic acids is 1. The summed E-state index contributed by atoms with van der Waals surface area (Å²) in [4.78, 5) is 26.4. The summed E-state index contributed by atoms with van der Waals surface area (Å²) in [6.07, 6.45) is 2.67. The third-order valence-corrected chi connectivity index (χ3v) is 3.74. The molecule has 6 heteroatoms. The molecule has 2 aliphatic heterocycles. The number of carboxylic acid groups (broad SMARTS) is 1. The monoisotopic (exact) mass is 255 g/mol. The van der Waals surface area contributed by atoms with E-state index in [9.17, 15) is 9.59 Å². The smallest absolute Gasteiger partial charge is 0.317 e. The second kappa shape index (κ2) is 6.15. The summed E-state index contributed by atoms with van der Waals surface area (Å²) >= 11 is 0. The van der Waals surface area contributed by atoms with Gasteiger partial charge in [-0.1, -0.05) is 0 Å². The Hall–Kier alpha value is -1.14. The van der Waals surface area contributed by atoms with E-state index in [2.05, 4.69) is 10.2 Å². The highest BCUT2D eigenvalue weighted by Crippen LogP contribution is 2.16. The maximum absolute atomic E-state index is 11.5. The molecule has 2 heterocycles. The topological polar surface area (TPSA) is 72.9 Å². The second-order valence-corrected chi connectivity index (χ2v) is 5.06. The molecule has 0 bridgehead atoms. The van der Waals surface area contributed by atoms with Gasteiger partial charge in [0.1, 0.15) is 0 Å². The first-order valence-electron chi connectivity index (χ1n) is 6.60. The molecule has 2 aliphatic rings. The molecule has 18 heavy (non-hydrogen) atoms. The van der Waals surface area contributed by atoms with Gasteiger partial charge in [0, 0.05) is 45.2 Å². The van der Waals surface area contributed by atoms with Gasteiger partial charge in [0.2, 0.25) is 5.91 Å². The van der Waals surface area contributed by atoms with E-state index in [4.69, 9.17) is 5.11 Å². The number of piperazine rings is 1. The lowest BCUT2D eigenvalue weighted by Gasteiger charge is -2.38. The Bertz CT molecular complexity index is 314. The van der Waals surface area contributed by atoms with Crippen LogP contribution in [0.4, 0.5) is 0 Å². The van der Waals surface area contributed by atoms with Gasteiger partial charge in [-0.2, -0.15) is 0 Å². The summed E-state index contributed by atoms with van der Waals surface area (Å²) < 4.78 is 0. The number of amides is 1. The Morgan fingerprint density at radius 1 is 1.33 bits per heavy atom. The average Bonchev–Trinajstić information content (AvgIpc) is 2.54. The van der Waals surface area contributed by atoms with Crippen LogP contribution in [0.3, 0.4) is 0 Å². The van der Waals surface area contributed by atoms with Crippen LogP contribution in [0.15, 0.2) is 0 Å². The molecular weight excluding hydrogens is 234 g/mol. The maximum atomic E-state index is 11.5. The number of nitrogens with zero attached hydrogens (tertiary/aromatic N) is 2. The number of carbonyl (C=O) groups is 2.